The van der Waals surface area contributed by atoms with Crippen LogP contribution in [0.1, 0.15) is 34.5 Å². The third-order valence-electron chi connectivity index (χ3n) is 3.89. The maximum Gasteiger partial charge on any atom is 0.251 e. The average molecular weight is 343 g/mol. The predicted octanol–water partition coefficient (Wildman–Crippen LogP) is 3.52. The number of hydrogen-bond donors (Lipinski definition) is 1. The number of benzene rings is 2. The van der Waals surface area contributed by atoms with Crippen LogP contribution in [0.5, 0.6) is 11.5 Å². The van der Waals surface area contributed by atoms with Crippen LogP contribution >= 0.6 is 0 Å². The fourth-order valence-electron chi connectivity index (χ4n) is 2.38. The van der Waals surface area contributed by atoms with Gasteiger partial charge in [-0.15, -0.1) is 0 Å². The number of ether oxygens (including phenoxy) is 3. The molecular formula is C20H25NO4. The third kappa shape index (κ3) is 5.22. The lowest BCUT2D eigenvalue weighted by molar-refractivity contribution is 0.0940. The standard InChI is InChI=1S/C20H25NO4/c1-14-5-7-16(8-6-14)20(22)21-15(2)17-9-10-18(19(13-17)24-4)25-12-11-23-3/h5-10,13,15H,11-12H2,1-4H3,(H,21,22)/t15-/m0/s1. The molecule has 25 heavy (non-hydrogen) atoms. The zero-order valence-corrected chi connectivity index (χ0v) is 15.2. The van der Waals surface area contributed by atoms with Crippen LogP contribution in [0.4, 0.5) is 0 Å². The van der Waals surface area contributed by atoms with E-state index in [0.29, 0.717) is 30.3 Å². The lowest BCUT2D eigenvalue weighted by Crippen LogP contribution is -2.26. The molecule has 1 N–H and O–H groups in total. The van der Waals surface area contributed by atoms with Crippen molar-refractivity contribution in [3.05, 3.63) is 59.2 Å². The molecule has 0 aliphatic rings. The molecule has 2 aromatic carbocycles. The Morgan fingerprint density at radius 2 is 1.76 bits per heavy atom. The molecule has 2 aromatic rings. The fourth-order valence-corrected chi connectivity index (χ4v) is 2.38. The van der Waals surface area contributed by atoms with Crippen molar-refractivity contribution in [2.75, 3.05) is 27.4 Å². The molecule has 1 amide bonds. The van der Waals surface area contributed by atoms with Crippen LogP contribution in [0.15, 0.2) is 42.5 Å². The Hall–Kier alpha value is -2.53. The molecule has 5 nitrogen and oxygen atoms in total. The molecule has 0 aromatic heterocycles. The summed E-state index contributed by atoms with van der Waals surface area (Å²) in [5.41, 5.74) is 2.71. The van der Waals surface area contributed by atoms with E-state index in [1.165, 1.54) is 0 Å². The summed E-state index contributed by atoms with van der Waals surface area (Å²) in [6.07, 6.45) is 0. The van der Waals surface area contributed by atoms with Crippen molar-refractivity contribution in [2.24, 2.45) is 0 Å². The third-order valence-corrected chi connectivity index (χ3v) is 3.89. The summed E-state index contributed by atoms with van der Waals surface area (Å²) in [4.78, 5) is 12.4. The maximum atomic E-state index is 12.4. The van der Waals surface area contributed by atoms with Crippen LogP contribution in [0.2, 0.25) is 0 Å². The van der Waals surface area contributed by atoms with Gasteiger partial charge in [-0.25, -0.2) is 0 Å². The van der Waals surface area contributed by atoms with Gasteiger partial charge < -0.3 is 19.5 Å². The Balaban J connectivity index is 2.06. The first kappa shape index (κ1) is 18.8. The number of carbonyl (C=O) groups excluding carboxylic acids is 1. The van der Waals surface area contributed by atoms with E-state index in [4.69, 9.17) is 14.2 Å². The molecule has 134 valence electrons. The second-order valence-corrected chi connectivity index (χ2v) is 5.81. The van der Waals surface area contributed by atoms with Crippen LogP contribution in [0, 0.1) is 6.92 Å². The van der Waals surface area contributed by atoms with Gasteiger partial charge in [0.15, 0.2) is 11.5 Å². The van der Waals surface area contributed by atoms with E-state index >= 15 is 0 Å². The van der Waals surface area contributed by atoms with E-state index in [-0.39, 0.29) is 11.9 Å². The summed E-state index contributed by atoms with van der Waals surface area (Å²) in [5.74, 6) is 1.18. The molecule has 0 aliphatic heterocycles. The summed E-state index contributed by atoms with van der Waals surface area (Å²) in [6.45, 7) is 4.89. The van der Waals surface area contributed by atoms with Gasteiger partial charge in [-0.2, -0.15) is 0 Å². The molecule has 0 saturated carbocycles. The Morgan fingerprint density at radius 1 is 1.04 bits per heavy atom. The molecule has 1 atom stereocenters. The lowest BCUT2D eigenvalue weighted by atomic mass is 10.1. The molecule has 0 radical (unpaired) electrons. The van der Waals surface area contributed by atoms with Crippen molar-refractivity contribution in [3.63, 3.8) is 0 Å². The molecule has 0 aliphatic carbocycles. The molecule has 0 saturated heterocycles. The van der Waals surface area contributed by atoms with E-state index < -0.39 is 0 Å². The van der Waals surface area contributed by atoms with Crippen LogP contribution in [0.3, 0.4) is 0 Å². The Morgan fingerprint density at radius 3 is 2.40 bits per heavy atom. The van der Waals surface area contributed by atoms with Gasteiger partial charge in [0, 0.05) is 12.7 Å². The monoisotopic (exact) mass is 343 g/mol. The van der Waals surface area contributed by atoms with Crippen molar-refractivity contribution in [1.82, 2.24) is 5.32 Å². The molecule has 2 rings (SSSR count). The minimum atomic E-state index is -0.157. The SMILES string of the molecule is COCCOc1ccc([C@H](C)NC(=O)c2ccc(C)cc2)cc1OC. The highest BCUT2D eigenvalue weighted by Crippen LogP contribution is 2.30. The summed E-state index contributed by atoms with van der Waals surface area (Å²) in [5, 5.41) is 3.00. The first-order valence-electron chi connectivity index (χ1n) is 8.22. The van der Waals surface area contributed by atoms with Gasteiger partial charge in [0.1, 0.15) is 6.61 Å². The quantitative estimate of drug-likeness (QED) is 0.745. The Bertz CT molecular complexity index is 697. The molecule has 0 bridgehead atoms. The first-order chi connectivity index (χ1) is 12.0. The number of rotatable bonds is 8. The number of hydrogen-bond acceptors (Lipinski definition) is 4. The van der Waals surface area contributed by atoms with E-state index in [1.54, 1.807) is 14.2 Å². The van der Waals surface area contributed by atoms with Gasteiger partial charge in [0.2, 0.25) is 0 Å². The van der Waals surface area contributed by atoms with Crippen molar-refractivity contribution in [2.45, 2.75) is 19.9 Å². The highest BCUT2D eigenvalue weighted by molar-refractivity contribution is 5.94. The van der Waals surface area contributed by atoms with E-state index in [0.717, 1.165) is 11.1 Å². The highest BCUT2D eigenvalue weighted by atomic mass is 16.5. The van der Waals surface area contributed by atoms with E-state index in [9.17, 15) is 4.79 Å². The van der Waals surface area contributed by atoms with Crippen LogP contribution in [0.25, 0.3) is 0 Å². The Labute approximate surface area is 148 Å². The summed E-state index contributed by atoms with van der Waals surface area (Å²) in [7, 11) is 3.22. The smallest absolute Gasteiger partial charge is 0.251 e. The topological polar surface area (TPSA) is 56.8 Å². The fraction of sp³-hybridized carbons (Fsp3) is 0.350. The zero-order chi connectivity index (χ0) is 18.2. The summed E-state index contributed by atoms with van der Waals surface area (Å²) in [6, 6.07) is 13.0. The molecule has 0 spiro atoms. The second-order valence-electron chi connectivity index (χ2n) is 5.81. The second kappa shape index (κ2) is 9.08. The van der Waals surface area contributed by atoms with Gasteiger partial charge in [-0.05, 0) is 43.7 Å². The molecule has 0 heterocycles. The number of nitrogens with one attached hydrogen (secondary N) is 1. The molecular weight excluding hydrogens is 318 g/mol. The summed E-state index contributed by atoms with van der Waals surface area (Å²) < 4.78 is 16.0. The highest BCUT2D eigenvalue weighted by Gasteiger charge is 2.14. The van der Waals surface area contributed by atoms with Gasteiger partial charge in [-0.1, -0.05) is 23.8 Å². The number of amides is 1. The van der Waals surface area contributed by atoms with Gasteiger partial charge >= 0.3 is 0 Å². The Kier molecular flexibility index (Phi) is 6.83. The minimum absolute atomic E-state index is 0.105. The lowest BCUT2D eigenvalue weighted by Gasteiger charge is -2.17. The number of methoxy groups -OCH3 is 2. The van der Waals surface area contributed by atoms with Crippen molar-refractivity contribution in [1.29, 1.82) is 0 Å². The van der Waals surface area contributed by atoms with Crippen LogP contribution in [-0.2, 0) is 4.74 Å². The minimum Gasteiger partial charge on any atom is -0.493 e. The summed E-state index contributed by atoms with van der Waals surface area (Å²) >= 11 is 0. The number of aryl methyl sites for hydroxylation is 1. The van der Waals surface area contributed by atoms with Gasteiger partial charge in [0.05, 0.1) is 19.8 Å². The number of carbonyl (C=O) groups is 1. The van der Waals surface area contributed by atoms with Crippen molar-refractivity contribution < 1.29 is 19.0 Å². The predicted molar refractivity (Wildman–Crippen MR) is 97.4 cm³/mol. The van der Waals surface area contributed by atoms with Crippen LogP contribution < -0.4 is 14.8 Å². The molecule has 0 unspecified atom stereocenters. The van der Waals surface area contributed by atoms with E-state index in [2.05, 4.69) is 5.32 Å². The van der Waals surface area contributed by atoms with Crippen molar-refractivity contribution in [3.8, 4) is 11.5 Å². The van der Waals surface area contributed by atoms with Crippen LogP contribution in [-0.4, -0.2) is 33.3 Å². The van der Waals surface area contributed by atoms with E-state index in [1.807, 2.05) is 56.3 Å². The molecule has 0 fully saturated rings. The largest absolute Gasteiger partial charge is 0.493 e. The molecule has 5 heteroatoms. The zero-order valence-electron chi connectivity index (χ0n) is 15.2. The van der Waals surface area contributed by atoms with Gasteiger partial charge in [-0.3, -0.25) is 4.79 Å². The maximum absolute atomic E-state index is 12.4. The van der Waals surface area contributed by atoms with Gasteiger partial charge in [0.25, 0.3) is 5.91 Å². The first-order valence-corrected chi connectivity index (χ1v) is 8.22. The normalized spacial score (nSPS) is 11.7. The average Bonchev–Trinajstić information content (AvgIpc) is 2.62. The van der Waals surface area contributed by atoms with Crippen molar-refractivity contribution >= 4 is 5.91 Å².